The average molecular weight is 279 g/mol. The first-order valence-corrected chi connectivity index (χ1v) is 6.72. The van der Waals surface area contributed by atoms with Gasteiger partial charge in [0.2, 0.25) is 5.91 Å². The highest BCUT2D eigenvalue weighted by Gasteiger charge is 2.43. The van der Waals surface area contributed by atoms with E-state index in [1.54, 1.807) is 13.0 Å². The fourth-order valence-corrected chi connectivity index (χ4v) is 2.75. The summed E-state index contributed by atoms with van der Waals surface area (Å²) in [4.78, 5) is 23.4. The molecule has 0 aliphatic heterocycles. The standard InChI is InChI=1S/C15H18FNO3/c1-10-4-5-11(16)12(8-10)17-13(18)9-15(14(19)20)6-2-3-7-15/h4-5,8H,2-3,6-7,9H2,1H3,(H,17,18)(H,19,20). The van der Waals surface area contributed by atoms with Crippen LogP contribution in [0.1, 0.15) is 37.7 Å². The van der Waals surface area contributed by atoms with Crippen LogP contribution in [0.3, 0.4) is 0 Å². The van der Waals surface area contributed by atoms with Gasteiger partial charge in [-0.25, -0.2) is 4.39 Å². The van der Waals surface area contributed by atoms with Crippen LogP contribution in [-0.2, 0) is 9.59 Å². The largest absolute Gasteiger partial charge is 0.481 e. The zero-order valence-electron chi connectivity index (χ0n) is 11.4. The molecule has 1 saturated carbocycles. The molecule has 0 spiro atoms. The van der Waals surface area contributed by atoms with Gasteiger partial charge in [-0.1, -0.05) is 18.9 Å². The number of carboxylic acid groups (broad SMARTS) is 1. The van der Waals surface area contributed by atoms with Crippen molar-refractivity contribution >= 4 is 17.6 Å². The van der Waals surface area contributed by atoms with E-state index in [9.17, 15) is 19.1 Å². The highest BCUT2D eigenvalue weighted by molar-refractivity contribution is 5.94. The molecule has 1 aromatic carbocycles. The second-order valence-corrected chi connectivity index (χ2v) is 5.50. The third-order valence-electron chi connectivity index (χ3n) is 3.91. The minimum absolute atomic E-state index is 0.101. The number of halogens is 1. The Labute approximate surface area is 117 Å². The molecule has 1 amide bonds. The van der Waals surface area contributed by atoms with E-state index in [0.717, 1.165) is 18.4 Å². The Morgan fingerprint density at radius 3 is 2.60 bits per heavy atom. The number of hydrogen-bond donors (Lipinski definition) is 2. The summed E-state index contributed by atoms with van der Waals surface area (Å²) in [7, 11) is 0. The minimum atomic E-state index is -0.982. The molecule has 20 heavy (non-hydrogen) atoms. The van der Waals surface area contributed by atoms with E-state index in [0.29, 0.717) is 12.8 Å². The smallest absolute Gasteiger partial charge is 0.310 e. The fraction of sp³-hybridized carbons (Fsp3) is 0.467. The molecule has 0 unspecified atom stereocenters. The van der Waals surface area contributed by atoms with Crippen LogP contribution < -0.4 is 5.32 Å². The zero-order valence-corrected chi connectivity index (χ0v) is 11.4. The maximum absolute atomic E-state index is 13.6. The third-order valence-corrected chi connectivity index (χ3v) is 3.91. The Morgan fingerprint density at radius 2 is 2.00 bits per heavy atom. The van der Waals surface area contributed by atoms with Crippen LogP contribution in [0, 0.1) is 18.2 Å². The lowest BCUT2D eigenvalue weighted by Gasteiger charge is -2.22. The number of nitrogens with one attached hydrogen (secondary N) is 1. The normalized spacial score (nSPS) is 16.9. The van der Waals surface area contributed by atoms with Crippen molar-refractivity contribution in [2.75, 3.05) is 5.32 Å². The lowest BCUT2D eigenvalue weighted by Crippen LogP contribution is -2.32. The number of amides is 1. The predicted molar refractivity (Wildman–Crippen MR) is 72.9 cm³/mol. The van der Waals surface area contributed by atoms with Crippen LogP contribution in [0.5, 0.6) is 0 Å². The number of aryl methyl sites for hydroxylation is 1. The van der Waals surface area contributed by atoms with Crippen LogP contribution in [0.15, 0.2) is 18.2 Å². The van der Waals surface area contributed by atoms with Crippen LogP contribution in [0.2, 0.25) is 0 Å². The van der Waals surface area contributed by atoms with Gasteiger partial charge in [0.1, 0.15) is 5.82 Å². The number of aliphatic carboxylic acids is 1. The van der Waals surface area contributed by atoms with Crippen LogP contribution >= 0.6 is 0 Å². The lowest BCUT2D eigenvalue weighted by molar-refractivity contribution is -0.150. The number of benzene rings is 1. The molecule has 1 fully saturated rings. The maximum atomic E-state index is 13.6. The predicted octanol–water partition coefficient (Wildman–Crippen LogP) is 3.11. The lowest BCUT2D eigenvalue weighted by atomic mass is 9.82. The van der Waals surface area contributed by atoms with Gasteiger partial charge in [0.25, 0.3) is 0 Å². The average Bonchev–Trinajstić information content (AvgIpc) is 2.83. The van der Waals surface area contributed by atoms with Crippen molar-refractivity contribution in [2.45, 2.75) is 39.0 Å². The summed E-state index contributed by atoms with van der Waals surface area (Å²) in [5, 5.41) is 11.8. The maximum Gasteiger partial charge on any atom is 0.310 e. The molecule has 0 heterocycles. The van der Waals surface area contributed by atoms with E-state index >= 15 is 0 Å². The molecule has 0 aromatic heterocycles. The second kappa shape index (κ2) is 5.61. The molecule has 2 rings (SSSR count). The topological polar surface area (TPSA) is 66.4 Å². The van der Waals surface area contributed by atoms with Crippen molar-refractivity contribution in [1.29, 1.82) is 0 Å². The summed E-state index contributed by atoms with van der Waals surface area (Å²) < 4.78 is 13.6. The van der Waals surface area contributed by atoms with E-state index in [4.69, 9.17) is 0 Å². The van der Waals surface area contributed by atoms with Gasteiger partial charge in [-0.2, -0.15) is 0 Å². The number of rotatable bonds is 4. The fourth-order valence-electron chi connectivity index (χ4n) is 2.75. The molecule has 5 heteroatoms. The van der Waals surface area contributed by atoms with E-state index in [2.05, 4.69) is 5.32 Å². The molecule has 108 valence electrons. The number of carbonyl (C=O) groups is 2. The van der Waals surface area contributed by atoms with Crippen molar-refractivity contribution in [1.82, 2.24) is 0 Å². The number of anilines is 1. The van der Waals surface area contributed by atoms with Gasteiger partial charge >= 0.3 is 5.97 Å². The van der Waals surface area contributed by atoms with E-state index in [-0.39, 0.29) is 12.1 Å². The van der Waals surface area contributed by atoms with Crippen LogP contribution in [0.25, 0.3) is 0 Å². The highest BCUT2D eigenvalue weighted by atomic mass is 19.1. The van der Waals surface area contributed by atoms with Crippen molar-refractivity contribution in [3.8, 4) is 0 Å². The summed E-state index contributed by atoms with van der Waals surface area (Å²) in [5.41, 5.74) is -0.0475. The molecule has 1 aliphatic rings. The molecule has 1 aliphatic carbocycles. The van der Waals surface area contributed by atoms with Gasteiger partial charge in [0.15, 0.2) is 0 Å². The second-order valence-electron chi connectivity index (χ2n) is 5.50. The first-order valence-electron chi connectivity index (χ1n) is 6.72. The Balaban J connectivity index is 2.08. The monoisotopic (exact) mass is 279 g/mol. The number of carboxylic acids is 1. The van der Waals surface area contributed by atoms with Crippen molar-refractivity contribution < 1.29 is 19.1 Å². The Morgan fingerprint density at radius 1 is 1.35 bits per heavy atom. The van der Waals surface area contributed by atoms with E-state index in [1.807, 2.05) is 0 Å². The Bertz CT molecular complexity index is 536. The highest BCUT2D eigenvalue weighted by Crippen LogP contribution is 2.41. The summed E-state index contributed by atoms with van der Waals surface area (Å²) in [6.07, 6.45) is 2.55. The quantitative estimate of drug-likeness (QED) is 0.890. The molecule has 0 atom stereocenters. The summed E-state index contributed by atoms with van der Waals surface area (Å²) >= 11 is 0. The first-order chi connectivity index (χ1) is 9.43. The van der Waals surface area contributed by atoms with Gasteiger partial charge in [0, 0.05) is 6.42 Å². The van der Waals surface area contributed by atoms with Gasteiger partial charge < -0.3 is 10.4 Å². The number of hydrogen-bond acceptors (Lipinski definition) is 2. The molecule has 0 bridgehead atoms. The molecular weight excluding hydrogens is 261 g/mol. The van der Waals surface area contributed by atoms with Crippen LogP contribution in [0.4, 0.5) is 10.1 Å². The minimum Gasteiger partial charge on any atom is -0.481 e. The Kier molecular flexibility index (Phi) is 4.06. The van der Waals surface area contributed by atoms with Gasteiger partial charge in [-0.3, -0.25) is 9.59 Å². The molecule has 1 aromatic rings. The van der Waals surface area contributed by atoms with E-state index in [1.165, 1.54) is 12.1 Å². The Hall–Kier alpha value is -1.91. The molecule has 0 radical (unpaired) electrons. The summed E-state index contributed by atoms with van der Waals surface area (Å²) in [5.74, 6) is -1.89. The summed E-state index contributed by atoms with van der Waals surface area (Å²) in [6, 6.07) is 4.43. The van der Waals surface area contributed by atoms with Crippen molar-refractivity contribution in [3.05, 3.63) is 29.6 Å². The zero-order chi connectivity index (χ0) is 14.8. The van der Waals surface area contributed by atoms with Crippen molar-refractivity contribution in [2.24, 2.45) is 5.41 Å². The molecule has 2 N–H and O–H groups in total. The summed E-state index contributed by atoms with van der Waals surface area (Å²) in [6.45, 7) is 1.80. The van der Waals surface area contributed by atoms with E-state index < -0.39 is 23.1 Å². The van der Waals surface area contributed by atoms with Crippen LogP contribution in [-0.4, -0.2) is 17.0 Å². The van der Waals surface area contributed by atoms with Gasteiger partial charge in [0.05, 0.1) is 11.1 Å². The molecular formula is C15H18FNO3. The SMILES string of the molecule is Cc1ccc(F)c(NC(=O)CC2(C(=O)O)CCCC2)c1. The molecule has 4 nitrogen and oxygen atoms in total. The molecule has 0 saturated heterocycles. The number of carbonyl (C=O) groups excluding carboxylic acids is 1. The first kappa shape index (κ1) is 14.5. The van der Waals surface area contributed by atoms with Gasteiger partial charge in [-0.15, -0.1) is 0 Å². The van der Waals surface area contributed by atoms with Crippen molar-refractivity contribution in [3.63, 3.8) is 0 Å². The third kappa shape index (κ3) is 2.98. The van der Waals surface area contributed by atoms with Gasteiger partial charge in [-0.05, 0) is 37.5 Å².